The normalized spacial score (nSPS) is 9.57. The zero-order valence-electron chi connectivity index (χ0n) is 44.4. The molecular formula is C50H90O20. The molecule has 0 rings (SSSR count). The molecule has 0 aromatic carbocycles. The van der Waals surface area contributed by atoms with Gasteiger partial charge in [-0.15, -0.1) is 0 Å². The third-order valence-corrected chi connectivity index (χ3v) is 8.11. The van der Waals surface area contributed by atoms with Crippen molar-refractivity contribution < 1.29 is 95.3 Å². The number of hydrogen-bond acceptors (Lipinski definition) is 20. The second-order valence-electron chi connectivity index (χ2n) is 14.1. The first kappa shape index (κ1) is 73.7. The number of esters is 10. The summed E-state index contributed by atoms with van der Waals surface area (Å²) in [6.45, 7) is 21.9. The van der Waals surface area contributed by atoms with Crippen molar-refractivity contribution in [3.8, 4) is 0 Å². The van der Waals surface area contributed by atoms with Crippen molar-refractivity contribution in [3.05, 3.63) is 0 Å². The lowest BCUT2D eigenvalue weighted by Crippen LogP contribution is -2.06. The second kappa shape index (κ2) is 59.8. The number of carbonyl (C=O) groups is 10. The number of carbonyl (C=O) groups excluding carboxylic acids is 10. The van der Waals surface area contributed by atoms with E-state index in [9.17, 15) is 47.9 Å². The summed E-state index contributed by atoms with van der Waals surface area (Å²) in [5.74, 6) is -1.98. The number of hydrogen-bond donors (Lipinski definition) is 0. The summed E-state index contributed by atoms with van der Waals surface area (Å²) in [5, 5.41) is 0. The van der Waals surface area contributed by atoms with Gasteiger partial charge in [0.05, 0.1) is 66.1 Å². The molecule has 0 atom stereocenters. The molecule has 0 amide bonds. The Morgan fingerprint density at radius 3 is 0.300 bits per heavy atom. The highest BCUT2D eigenvalue weighted by atomic mass is 16.6. The van der Waals surface area contributed by atoms with Gasteiger partial charge in [0.2, 0.25) is 0 Å². The molecule has 0 aliphatic carbocycles. The molecule has 0 bridgehead atoms. The Kier molecular flexibility index (Phi) is 63.0. The first-order chi connectivity index (χ1) is 33.5. The maximum atomic E-state index is 10.9. The second-order valence-corrected chi connectivity index (χ2v) is 14.1. The summed E-state index contributed by atoms with van der Waals surface area (Å²) in [6.07, 6.45) is 10.6. The molecule has 20 heteroatoms. The van der Waals surface area contributed by atoms with Crippen LogP contribution < -0.4 is 0 Å². The van der Waals surface area contributed by atoms with Crippen molar-refractivity contribution in [2.75, 3.05) is 66.1 Å². The van der Waals surface area contributed by atoms with Gasteiger partial charge >= 0.3 is 59.7 Å². The smallest absolute Gasteiger partial charge is 0.305 e. The van der Waals surface area contributed by atoms with E-state index < -0.39 is 0 Å². The van der Waals surface area contributed by atoms with Crippen LogP contribution >= 0.6 is 0 Å². The molecule has 410 valence electrons. The lowest BCUT2D eigenvalue weighted by Gasteiger charge is -2.02. The largest absolute Gasteiger partial charge is 0.466 e. The Hall–Kier alpha value is -5.30. The first-order valence-electron chi connectivity index (χ1n) is 25.1. The molecule has 0 spiro atoms. The van der Waals surface area contributed by atoms with E-state index in [0.29, 0.717) is 194 Å². The molecule has 0 aliphatic heterocycles. The molecule has 70 heavy (non-hydrogen) atoms. The van der Waals surface area contributed by atoms with Crippen LogP contribution in [0.5, 0.6) is 0 Å². The maximum Gasteiger partial charge on any atom is 0.305 e. The Morgan fingerprint density at radius 1 is 0.171 bits per heavy atom. The third-order valence-electron chi connectivity index (χ3n) is 8.11. The predicted molar refractivity (Wildman–Crippen MR) is 259 cm³/mol. The van der Waals surface area contributed by atoms with Crippen LogP contribution in [0.15, 0.2) is 0 Å². The van der Waals surface area contributed by atoms with Crippen LogP contribution in [0.25, 0.3) is 0 Å². The van der Waals surface area contributed by atoms with Crippen molar-refractivity contribution >= 4 is 59.7 Å². The molecule has 0 saturated carbocycles. The average Bonchev–Trinajstić information content (AvgIpc) is 3.30. The van der Waals surface area contributed by atoms with Crippen molar-refractivity contribution in [2.24, 2.45) is 0 Å². The molecule has 0 fully saturated rings. The van der Waals surface area contributed by atoms with E-state index in [1.54, 1.807) is 69.2 Å². The van der Waals surface area contributed by atoms with E-state index in [2.05, 4.69) is 0 Å². The first-order valence-corrected chi connectivity index (χ1v) is 25.1. The summed E-state index contributed by atoms with van der Waals surface area (Å²) in [7, 11) is 0. The summed E-state index contributed by atoms with van der Waals surface area (Å²) in [5.41, 5.74) is 0. The fourth-order valence-corrected chi connectivity index (χ4v) is 5.02. The predicted octanol–water partition coefficient (Wildman–Crippen LogP) is 8.37. The van der Waals surface area contributed by atoms with Crippen molar-refractivity contribution in [3.63, 3.8) is 0 Å². The molecular weight excluding hydrogens is 921 g/mol. The molecule has 0 saturated heterocycles. The minimum atomic E-state index is -0.198. The quantitative estimate of drug-likeness (QED) is 0.0328. The van der Waals surface area contributed by atoms with Gasteiger partial charge in [0.25, 0.3) is 0 Å². The van der Waals surface area contributed by atoms with E-state index in [1.807, 2.05) is 0 Å². The van der Waals surface area contributed by atoms with Crippen LogP contribution in [0.4, 0.5) is 0 Å². The maximum absolute atomic E-state index is 10.9. The van der Waals surface area contributed by atoms with Crippen molar-refractivity contribution in [1.82, 2.24) is 0 Å². The molecule has 0 N–H and O–H groups in total. The fraction of sp³-hybridized carbons (Fsp3) is 0.800. The van der Waals surface area contributed by atoms with Crippen LogP contribution in [-0.2, 0) is 95.3 Å². The van der Waals surface area contributed by atoms with Crippen LogP contribution in [0.1, 0.15) is 198 Å². The number of rotatable bonds is 35. The molecule has 0 aromatic rings. The highest BCUT2D eigenvalue weighted by molar-refractivity contribution is 5.73. The molecule has 0 aliphatic rings. The number of unbranched alkanes of at least 4 members (excludes halogenated alkanes) is 5. The minimum Gasteiger partial charge on any atom is -0.466 e. The van der Waals surface area contributed by atoms with Gasteiger partial charge in [-0.1, -0.05) is 0 Å². The van der Waals surface area contributed by atoms with E-state index in [4.69, 9.17) is 47.4 Å². The summed E-state index contributed by atoms with van der Waals surface area (Å²) < 4.78 is 47.4. The van der Waals surface area contributed by atoms with Gasteiger partial charge in [-0.25, -0.2) is 0 Å². The van der Waals surface area contributed by atoms with Crippen molar-refractivity contribution in [1.29, 1.82) is 0 Å². The third kappa shape index (κ3) is 67.0. The Bertz CT molecular complexity index is 1020. The van der Waals surface area contributed by atoms with E-state index in [0.717, 1.165) is 0 Å². The molecule has 0 unspecified atom stereocenters. The highest BCUT2D eigenvalue weighted by Gasteiger charge is 2.08. The van der Waals surface area contributed by atoms with Gasteiger partial charge in [0.1, 0.15) is 0 Å². The van der Waals surface area contributed by atoms with Crippen LogP contribution in [0, 0.1) is 0 Å². The Labute approximate surface area is 417 Å². The zero-order valence-corrected chi connectivity index (χ0v) is 44.4. The van der Waals surface area contributed by atoms with E-state index in [1.165, 1.54) is 0 Å². The fourth-order valence-electron chi connectivity index (χ4n) is 5.02. The standard InChI is InChI=1S/5C10H18O4/c5*1-3-13-9(11)7-5-6-8-10(12)14-4-2/h5*3-8H2,1-2H3. The molecule has 20 nitrogen and oxygen atoms in total. The topological polar surface area (TPSA) is 263 Å². The molecule has 0 radical (unpaired) electrons. The SMILES string of the molecule is CCOC(=O)CCCCC(=O)OCC.CCOC(=O)CCCCC(=O)OCC.CCOC(=O)CCCCC(=O)OCC.CCOC(=O)CCCCC(=O)OCC.CCOC(=O)CCCCC(=O)OCC. The zero-order chi connectivity index (χ0) is 54.1. The summed E-state index contributed by atoms with van der Waals surface area (Å²) in [6, 6.07) is 0. The van der Waals surface area contributed by atoms with Gasteiger partial charge in [-0.3, -0.25) is 47.9 Å². The Morgan fingerprint density at radius 2 is 0.243 bits per heavy atom. The number of ether oxygens (including phenoxy) is 10. The van der Waals surface area contributed by atoms with Gasteiger partial charge in [0.15, 0.2) is 0 Å². The van der Waals surface area contributed by atoms with Crippen LogP contribution in [0.2, 0.25) is 0 Å². The lowest BCUT2D eigenvalue weighted by atomic mass is 10.2. The van der Waals surface area contributed by atoms with Gasteiger partial charge < -0.3 is 47.4 Å². The summed E-state index contributed by atoms with van der Waals surface area (Å²) >= 11 is 0. The molecule has 0 aromatic heterocycles. The van der Waals surface area contributed by atoms with Gasteiger partial charge in [-0.05, 0) is 133 Å². The van der Waals surface area contributed by atoms with E-state index in [-0.39, 0.29) is 59.7 Å². The molecule has 0 heterocycles. The van der Waals surface area contributed by atoms with Crippen LogP contribution in [-0.4, -0.2) is 126 Å². The lowest BCUT2D eigenvalue weighted by molar-refractivity contribution is -0.145. The average molecular weight is 1010 g/mol. The highest BCUT2D eigenvalue weighted by Crippen LogP contribution is 2.06. The monoisotopic (exact) mass is 1010 g/mol. The van der Waals surface area contributed by atoms with Gasteiger partial charge in [-0.2, -0.15) is 0 Å². The van der Waals surface area contributed by atoms with E-state index >= 15 is 0 Å². The summed E-state index contributed by atoms with van der Waals surface area (Å²) in [4.78, 5) is 109. The Balaban J connectivity index is -0.000000251. The minimum absolute atomic E-state index is 0.198. The van der Waals surface area contributed by atoms with Crippen LogP contribution in [0.3, 0.4) is 0 Å². The van der Waals surface area contributed by atoms with Gasteiger partial charge in [0, 0.05) is 64.2 Å². The van der Waals surface area contributed by atoms with Crippen molar-refractivity contribution in [2.45, 2.75) is 198 Å².